The first kappa shape index (κ1) is 22.4. The SMILES string of the molecule is COc1ccc(OC)c(-c2cccc(OC3CCN(CCc4c[nH]c5ccccc45)CC3)c2)c1. The van der Waals surface area contributed by atoms with Crippen LogP contribution in [-0.4, -0.2) is 49.8 Å². The average Bonchev–Trinajstić information content (AvgIpc) is 3.31. The van der Waals surface area contributed by atoms with Crippen LogP contribution in [0.2, 0.25) is 0 Å². The summed E-state index contributed by atoms with van der Waals surface area (Å²) in [6.07, 6.45) is 5.55. The number of hydrogen-bond acceptors (Lipinski definition) is 4. The predicted molar refractivity (Wildman–Crippen MR) is 137 cm³/mol. The largest absolute Gasteiger partial charge is 0.497 e. The van der Waals surface area contributed by atoms with Crippen molar-refractivity contribution in [1.29, 1.82) is 0 Å². The number of piperidine rings is 1. The van der Waals surface area contributed by atoms with Crippen LogP contribution in [0.3, 0.4) is 0 Å². The molecule has 3 aromatic carbocycles. The summed E-state index contributed by atoms with van der Waals surface area (Å²) in [5.41, 5.74) is 4.68. The Morgan fingerprint density at radius 2 is 1.74 bits per heavy atom. The number of ether oxygens (including phenoxy) is 3. The van der Waals surface area contributed by atoms with Crippen LogP contribution >= 0.6 is 0 Å². The molecule has 0 radical (unpaired) electrons. The maximum Gasteiger partial charge on any atom is 0.126 e. The summed E-state index contributed by atoms with van der Waals surface area (Å²) in [7, 11) is 3.37. The van der Waals surface area contributed by atoms with Gasteiger partial charge < -0.3 is 24.1 Å². The molecule has 0 spiro atoms. The average molecular weight is 457 g/mol. The van der Waals surface area contributed by atoms with Gasteiger partial charge in [0.1, 0.15) is 23.4 Å². The molecule has 1 aromatic heterocycles. The maximum absolute atomic E-state index is 6.40. The molecule has 4 aromatic rings. The number of methoxy groups -OCH3 is 2. The molecule has 0 atom stereocenters. The van der Waals surface area contributed by atoms with Gasteiger partial charge in [0.05, 0.1) is 14.2 Å². The van der Waals surface area contributed by atoms with Crippen LogP contribution in [0.1, 0.15) is 18.4 Å². The fourth-order valence-corrected chi connectivity index (χ4v) is 4.84. The number of likely N-dealkylation sites (tertiary alicyclic amines) is 1. The van der Waals surface area contributed by atoms with Crippen molar-refractivity contribution < 1.29 is 14.2 Å². The number of para-hydroxylation sites is 1. The minimum absolute atomic E-state index is 0.242. The second-order valence-electron chi connectivity index (χ2n) is 8.86. The summed E-state index contributed by atoms with van der Waals surface area (Å²) >= 11 is 0. The molecule has 1 aliphatic heterocycles. The van der Waals surface area contributed by atoms with Gasteiger partial charge in [-0.2, -0.15) is 0 Å². The fourth-order valence-electron chi connectivity index (χ4n) is 4.84. The number of rotatable bonds is 8. The van der Waals surface area contributed by atoms with Crippen LogP contribution in [-0.2, 0) is 6.42 Å². The summed E-state index contributed by atoms with van der Waals surface area (Å²) in [5, 5.41) is 1.34. The van der Waals surface area contributed by atoms with Gasteiger partial charge in [0.15, 0.2) is 0 Å². The van der Waals surface area contributed by atoms with E-state index >= 15 is 0 Å². The van der Waals surface area contributed by atoms with Crippen LogP contribution in [0.5, 0.6) is 17.2 Å². The highest BCUT2D eigenvalue weighted by molar-refractivity contribution is 5.83. The van der Waals surface area contributed by atoms with Crippen molar-refractivity contribution in [1.82, 2.24) is 9.88 Å². The van der Waals surface area contributed by atoms with Gasteiger partial charge in [0, 0.05) is 42.3 Å². The molecule has 2 heterocycles. The predicted octanol–water partition coefficient (Wildman–Crippen LogP) is 5.94. The third-order valence-electron chi connectivity index (χ3n) is 6.76. The second-order valence-corrected chi connectivity index (χ2v) is 8.86. The molecule has 0 unspecified atom stereocenters. The van der Waals surface area contributed by atoms with E-state index in [9.17, 15) is 0 Å². The Morgan fingerprint density at radius 1 is 0.882 bits per heavy atom. The Kier molecular flexibility index (Phi) is 6.72. The molecular weight excluding hydrogens is 424 g/mol. The van der Waals surface area contributed by atoms with E-state index in [1.807, 2.05) is 30.3 Å². The minimum atomic E-state index is 0.242. The van der Waals surface area contributed by atoms with Crippen molar-refractivity contribution in [2.24, 2.45) is 0 Å². The number of nitrogens with zero attached hydrogens (tertiary/aromatic N) is 1. The number of aromatic amines is 1. The number of H-pyrrole nitrogens is 1. The molecule has 1 saturated heterocycles. The van der Waals surface area contributed by atoms with E-state index in [-0.39, 0.29) is 6.10 Å². The molecule has 5 rings (SSSR count). The molecule has 34 heavy (non-hydrogen) atoms. The summed E-state index contributed by atoms with van der Waals surface area (Å²) in [5.74, 6) is 2.53. The number of fused-ring (bicyclic) bond motifs is 1. The number of nitrogens with one attached hydrogen (secondary N) is 1. The fraction of sp³-hybridized carbons (Fsp3) is 0.310. The highest BCUT2D eigenvalue weighted by atomic mass is 16.5. The second kappa shape index (κ2) is 10.2. The molecule has 5 heteroatoms. The molecule has 0 saturated carbocycles. The highest BCUT2D eigenvalue weighted by Crippen LogP contribution is 2.35. The number of benzene rings is 3. The van der Waals surface area contributed by atoms with Gasteiger partial charge in [-0.3, -0.25) is 0 Å². The Bertz CT molecular complexity index is 1240. The van der Waals surface area contributed by atoms with Gasteiger partial charge >= 0.3 is 0 Å². The maximum atomic E-state index is 6.40. The van der Waals surface area contributed by atoms with Crippen LogP contribution in [0, 0.1) is 0 Å². The number of hydrogen-bond donors (Lipinski definition) is 1. The first-order chi connectivity index (χ1) is 16.7. The lowest BCUT2D eigenvalue weighted by molar-refractivity contribution is 0.101. The third kappa shape index (κ3) is 4.90. The van der Waals surface area contributed by atoms with E-state index in [0.29, 0.717) is 0 Å². The van der Waals surface area contributed by atoms with Gasteiger partial charge in [0.2, 0.25) is 0 Å². The van der Waals surface area contributed by atoms with E-state index in [2.05, 4.69) is 52.5 Å². The summed E-state index contributed by atoms with van der Waals surface area (Å²) < 4.78 is 17.4. The zero-order valence-electron chi connectivity index (χ0n) is 19.9. The Hall–Kier alpha value is -3.44. The first-order valence-corrected chi connectivity index (χ1v) is 12.0. The standard InChI is InChI=1S/C29H32N2O3/c1-32-24-10-11-29(33-2)27(19-24)21-6-5-7-25(18-21)34-23-13-16-31(17-14-23)15-12-22-20-30-28-9-4-3-8-26(22)28/h3-11,18-20,23,30H,12-17H2,1-2H3. The molecule has 1 fully saturated rings. The molecule has 0 amide bonds. The van der Waals surface area contributed by atoms with Gasteiger partial charge in [-0.25, -0.2) is 0 Å². The summed E-state index contributed by atoms with van der Waals surface area (Å²) in [6.45, 7) is 3.21. The van der Waals surface area contributed by atoms with Crippen molar-refractivity contribution in [2.75, 3.05) is 33.9 Å². The lowest BCUT2D eigenvalue weighted by Gasteiger charge is -2.32. The topological polar surface area (TPSA) is 46.7 Å². The van der Waals surface area contributed by atoms with Crippen molar-refractivity contribution in [3.8, 4) is 28.4 Å². The Balaban J connectivity index is 1.18. The van der Waals surface area contributed by atoms with Gasteiger partial charge in [-0.05, 0) is 66.8 Å². The molecule has 5 nitrogen and oxygen atoms in total. The molecular formula is C29H32N2O3. The zero-order valence-corrected chi connectivity index (χ0v) is 19.9. The van der Waals surface area contributed by atoms with Gasteiger partial charge in [-0.15, -0.1) is 0 Å². The van der Waals surface area contributed by atoms with Crippen LogP contribution in [0.4, 0.5) is 0 Å². The van der Waals surface area contributed by atoms with Crippen LogP contribution in [0.25, 0.3) is 22.0 Å². The molecule has 0 aliphatic carbocycles. The molecule has 0 bridgehead atoms. The quantitative estimate of drug-likeness (QED) is 0.357. The van der Waals surface area contributed by atoms with Crippen molar-refractivity contribution in [3.05, 3.63) is 78.5 Å². The van der Waals surface area contributed by atoms with E-state index in [1.165, 1.54) is 16.5 Å². The molecule has 176 valence electrons. The number of aromatic nitrogens is 1. The molecule has 1 aliphatic rings. The normalized spacial score (nSPS) is 14.9. The van der Waals surface area contributed by atoms with Crippen molar-refractivity contribution in [3.63, 3.8) is 0 Å². The monoisotopic (exact) mass is 456 g/mol. The van der Waals surface area contributed by atoms with Crippen LogP contribution in [0.15, 0.2) is 72.9 Å². The van der Waals surface area contributed by atoms with Gasteiger partial charge in [-0.1, -0.05) is 30.3 Å². The highest BCUT2D eigenvalue weighted by Gasteiger charge is 2.21. The summed E-state index contributed by atoms with van der Waals surface area (Å²) in [4.78, 5) is 5.94. The van der Waals surface area contributed by atoms with Crippen molar-refractivity contribution >= 4 is 10.9 Å². The van der Waals surface area contributed by atoms with Gasteiger partial charge in [0.25, 0.3) is 0 Å². The minimum Gasteiger partial charge on any atom is -0.497 e. The lowest BCUT2D eigenvalue weighted by atomic mass is 10.0. The Morgan fingerprint density at radius 3 is 2.56 bits per heavy atom. The van der Waals surface area contributed by atoms with Crippen molar-refractivity contribution in [2.45, 2.75) is 25.4 Å². The van der Waals surface area contributed by atoms with E-state index in [4.69, 9.17) is 14.2 Å². The lowest BCUT2D eigenvalue weighted by Crippen LogP contribution is -2.39. The zero-order chi connectivity index (χ0) is 23.3. The first-order valence-electron chi connectivity index (χ1n) is 12.0. The van der Waals surface area contributed by atoms with Crippen LogP contribution < -0.4 is 14.2 Å². The summed E-state index contributed by atoms with van der Waals surface area (Å²) in [6, 6.07) is 22.7. The van der Waals surface area contributed by atoms with E-state index in [0.717, 1.165) is 67.3 Å². The van der Waals surface area contributed by atoms with E-state index in [1.54, 1.807) is 14.2 Å². The Labute approximate surface area is 201 Å². The smallest absolute Gasteiger partial charge is 0.126 e. The van der Waals surface area contributed by atoms with E-state index < -0.39 is 0 Å². The third-order valence-corrected chi connectivity index (χ3v) is 6.76. The molecule has 1 N–H and O–H groups in total.